The third-order valence-electron chi connectivity index (χ3n) is 3.83. The van der Waals surface area contributed by atoms with Gasteiger partial charge in [-0.25, -0.2) is 0 Å². The van der Waals surface area contributed by atoms with Crippen LogP contribution in [-0.2, 0) is 9.31 Å². The summed E-state index contributed by atoms with van der Waals surface area (Å²) in [6.07, 6.45) is 0.0609. The molecule has 0 amide bonds. The lowest BCUT2D eigenvalue weighted by molar-refractivity contribution is 0.0842. The number of aromatic amines is 1. The smallest absolute Gasteiger partial charge is 0.495 e. The van der Waals surface area contributed by atoms with E-state index in [2.05, 4.69) is 11.1 Å². The second-order valence-corrected chi connectivity index (χ2v) is 5.48. The quantitative estimate of drug-likeness (QED) is 0.840. The Bertz CT molecular complexity index is 608. The number of hydrogen-bond acceptors (Lipinski definition) is 3. The molecular formula is C14H18BNO3. The summed E-state index contributed by atoms with van der Waals surface area (Å²) in [5, 5.41) is 1.10. The van der Waals surface area contributed by atoms with Crippen LogP contribution in [0.2, 0.25) is 0 Å². The van der Waals surface area contributed by atoms with Crippen molar-refractivity contribution in [1.82, 2.24) is 4.98 Å². The summed E-state index contributed by atoms with van der Waals surface area (Å²) in [5.74, 6) is 0.828. The summed E-state index contributed by atoms with van der Waals surface area (Å²) in [4.78, 5) is 3.34. The molecule has 1 saturated heterocycles. The van der Waals surface area contributed by atoms with Crippen LogP contribution in [0.25, 0.3) is 10.9 Å². The first-order chi connectivity index (χ1) is 9.01. The molecule has 1 aliphatic heterocycles. The lowest BCUT2D eigenvalue weighted by atomic mass is 9.85. The van der Waals surface area contributed by atoms with Gasteiger partial charge in [0.15, 0.2) is 0 Å². The molecule has 3 rings (SSSR count). The third-order valence-corrected chi connectivity index (χ3v) is 3.83. The molecule has 0 radical (unpaired) electrons. The summed E-state index contributed by atoms with van der Waals surface area (Å²) in [5.41, 5.74) is 1.63. The zero-order valence-electron chi connectivity index (χ0n) is 11.7. The minimum atomic E-state index is -0.345. The minimum absolute atomic E-state index is 0.0609. The molecule has 100 valence electrons. The summed E-state index contributed by atoms with van der Waals surface area (Å²) in [7, 11) is 1.32. The average molecular weight is 259 g/mol. The molecule has 0 saturated carbocycles. The van der Waals surface area contributed by atoms with E-state index in [1.54, 1.807) is 7.11 Å². The van der Waals surface area contributed by atoms with Gasteiger partial charge < -0.3 is 19.0 Å². The van der Waals surface area contributed by atoms with Crippen LogP contribution >= 0.6 is 0 Å². The van der Waals surface area contributed by atoms with Gasteiger partial charge in [0.05, 0.1) is 24.3 Å². The molecule has 1 fully saturated rings. The lowest BCUT2D eigenvalue weighted by Crippen LogP contribution is -2.35. The average Bonchev–Trinajstić information content (AvgIpc) is 2.90. The number of ether oxygens (including phenoxy) is 1. The topological polar surface area (TPSA) is 43.5 Å². The fourth-order valence-electron chi connectivity index (χ4n) is 2.33. The number of hydrogen-bond donors (Lipinski definition) is 1. The van der Waals surface area contributed by atoms with E-state index in [-0.39, 0.29) is 18.8 Å². The first kappa shape index (κ1) is 12.6. The number of fused-ring (bicyclic) bond motifs is 1. The van der Waals surface area contributed by atoms with Crippen molar-refractivity contribution in [3.63, 3.8) is 0 Å². The van der Waals surface area contributed by atoms with Gasteiger partial charge in [-0.05, 0) is 32.9 Å². The molecule has 5 heteroatoms. The highest BCUT2D eigenvalue weighted by Gasteiger charge is 2.44. The van der Waals surface area contributed by atoms with Gasteiger partial charge >= 0.3 is 7.12 Å². The molecule has 1 N–H and O–H groups in total. The second-order valence-electron chi connectivity index (χ2n) is 5.48. The maximum Gasteiger partial charge on any atom is 0.511 e. The maximum atomic E-state index is 5.96. The Hall–Kier alpha value is -1.46. The highest BCUT2D eigenvalue weighted by Crippen LogP contribution is 2.28. The van der Waals surface area contributed by atoms with E-state index in [0.717, 1.165) is 22.2 Å². The molecule has 1 aliphatic rings. The highest BCUT2D eigenvalue weighted by atomic mass is 16.7. The van der Waals surface area contributed by atoms with Crippen molar-refractivity contribution in [3.05, 3.63) is 24.3 Å². The number of benzene rings is 1. The standard InChI is InChI=1S/C14H18BNO3/c1-9-14(2,3)19-15(18-9)12-8-10-6-5-7-11(17-4)13(10)16-12/h5-9,16H,1-4H3. The monoisotopic (exact) mass is 259 g/mol. The predicted octanol–water partition coefficient (Wildman–Crippen LogP) is 2.09. The van der Waals surface area contributed by atoms with Crippen molar-refractivity contribution in [1.29, 1.82) is 0 Å². The van der Waals surface area contributed by atoms with Crippen molar-refractivity contribution < 1.29 is 14.0 Å². The maximum absolute atomic E-state index is 5.96. The Morgan fingerprint density at radius 1 is 1.37 bits per heavy atom. The zero-order valence-corrected chi connectivity index (χ0v) is 11.7. The van der Waals surface area contributed by atoms with Crippen LogP contribution < -0.4 is 10.3 Å². The number of para-hydroxylation sites is 1. The van der Waals surface area contributed by atoms with E-state index in [1.165, 1.54) is 0 Å². The van der Waals surface area contributed by atoms with Crippen molar-refractivity contribution in [2.24, 2.45) is 0 Å². The molecule has 1 aromatic heterocycles. The number of rotatable bonds is 2. The Morgan fingerprint density at radius 2 is 2.16 bits per heavy atom. The van der Waals surface area contributed by atoms with Crippen molar-refractivity contribution in [2.45, 2.75) is 32.5 Å². The largest absolute Gasteiger partial charge is 0.511 e. The molecule has 0 bridgehead atoms. The van der Waals surface area contributed by atoms with E-state index in [4.69, 9.17) is 14.0 Å². The fraction of sp³-hybridized carbons (Fsp3) is 0.429. The Kier molecular flexibility index (Phi) is 2.84. The van der Waals surface area contributed by atoms with Crippen LogP contribution in [0.5, 0.6) is 5.75 Å². The van der Waals surface area contributed by atoms with E-state index < -0.39 is 0 Å². The van der Waals surface area contributed by atoms with E-state index in [1.807, 2.05) is 39.0 Å². The summed E-state index contributed by atoms with van der Waals surface area (Å²) in [6.45, 7) is 6.12. The Balaban J connectivity index is 1.99. The van der Waals surface area contributed by atoms with Gasteiger partial charge in [0, 0.05) is 11.0 Å². The molecular weight excluding hydrogens is 241 g/mol. The van der Waals surface area contributed by atoms with Gasteiger partial charge in [0.1, 0.15) is 5.75 Å². The highest BCUT2D eigenvalue weighted by molar-refractivity contribution is 6.61. The van der Waals surface area contributed by atoms with E-state index >= 15 is 0 Å². The van der Waals surface area contributed by atoms with Gasteiger partial charge in [-0.1, -0.05) is 12.1 Å². The van der Waals surface area contributed by atoms with Gasteiger partial charge in [0.2, 0.25) is 0 Å². The van der Waals surface area contributed by atoms with Crippen LogP contribution in [0, 0.1) is 0 Å². The SMILES string of the molecule is COc1cccc2cc(B3OC(C)C(C)(C)O3)[nH]c12. The summed E-state index contributed by atoms with van der Waals surface area (Å²) < 4.78 is 17.2. The van der Waals surface area contributed by atoms with Crippen molar-refractivity contribution in [2.75, 3.05) is 7.11 Å². The summed E-state index contributed by atoms with van der Waals surface area (Å²) >= 11 is 0. The van der Waals surface area contributed by atoms with Gasteiger partial charge in [-0.15, -0.1) is 0 Å². The molecule has 0 aliphatic carbocycles. The minimum Gasteiger partial charge on any atom is -0.495 e. The van der Waals surface area contributed by atoms with Crippen LogP contribution in [-0.4, -0.2) is 30.9 Å². The first-order valence-electron chi connectivity index (χ1n) is 6.50. The van der Waals surface area contributed by atoms with Crippen LogP contribution in [0.1, 0.15) is 20.8 Å². The molecule has 1 unspecified atom stereocenters. The van der Waals surface area contributed by atoms with Crippen LogP contribution in [0.15, 0.2) is 24.3 Å². The molecule has 4 nitrogen and oxygen atoms in total. The van der Waals surface area contributed by atoms with Crippen LogP contribution in [0.3, 0.4) is 0 Å². The Morgan fingerprint density at radius 3 is 2.79 bits per heavy atom. The van der Waals surface area contributed by atoms with Crippen molar-refractivity contribution >= 4 is 23.6 Å². The molecule has 1 aromatic carbocycles. The third kappa shape index (κ3) is 2.03. The molecule has 2 aromatic rings. The van der Waals surface area contributed by atoms with Crippen LogP contribution in [0.4, 0.5) is 0 Å². The Labute approximate surface area is 113 Å². The van der Waals surface area contributed by atoms with E-state index in [0.29, 0.717) is 0 Å². The van der Waals surface area contributed by atoms with Gasteiger partial charge in [-0.2, -0.15) is 0 Å². The normalized spacial score (nSPS) is 22.1. The number of methoxy groups -OCH3 is 1. The number of aromatic nitrogens is 1. The molecule has 19 heavy (non-hydrogen) atoms. The number of H-pyrrole nitrogens is 1. The lowest BCUT2D eigenvalue weighted by Gasteiger charge is -2.21. The summed E-state index contributed by atoms with van der Waals surface area (Å²) in [6, 6.07) is 8.01. The zero-order chi connectivity index (χ0) is 13.6. The first-order valence-corrected chi connectivity index (χ1v) is 6.50. The molecule has 2 heterocycles. The van der Waals surface area contributed by atoms with Crippen molar-refractivity contribution in [3.8, 4) is 5.75 Å². The van der Waals surface area contributed by atoms with E-state index in [9.17, 15) is 0 Å². The van der Waals surface area contributed by atoms with Gasteiger partial charge in [-0.3, -0.25) is 0 Å². The number of nitrogens with one attached hydrogen (secondary N) is 1. The second kappa shape index (κ2) is 4.29. The predicted molar refractivity (Wildman–Crippen MR) is 75.9 cm³/mol. The fourth-order valence-corrected chi connectivity index (χ4v) is 2.33. The molecule has 0 spiro atoms. The molecule has 1 atom stereocenters. The van der Waals surface area contributed by atoms with Gasteiger partial charge in [0.25, 0.3) is 0 Å².